The van der Waals surface area contributed by atoms with Crippen LogP contribution in [0.3, 0.4) is 0 Å². The maximum Gasteiger partial charge on any atom is 0.130 e. The Balaban J connectivity index is 1.79. The van der Waals surface area contributed by atoms with E-state index in [1.807, 2.05) is 0 Å². The second kappa shape index (κ2) is 7.14. The second-order valence-electron chi connectivity index (χ2n) is 6.02. The summed E-state index contributed by atoms with van der Waals surface area (Å²) < 4.78 is 26.5. The molecule has 20 heavy (non-hydrogen) atoms. The van der Waals surface area contributed by atoms with Crippen molar-refractivity contribution in [3.8, 4) is 0 Å². The van der Waals surface area contributed by atoms with Gasteiger partial charge in [0, 0.05) is 24.2 Å². The Bertz CT molecular complexity index is 426. The van der Waals surface area contributed by atoms with Crippen molar-refractivity contribution in [3.63, 3.8) is 0 Å². The maximum atomic E-state index is 13.6. The summed E-state index contributed by atoms with van der Waals surface area (Å²) in [4.78, 5) is 2.25. The normalized spacial score (nSPS) is 17.9. The largest absolute Gasteiger partial charge is 0.314 e. The molecule has 2 nitrogen and oxygen atoms in total. The first kappa shape index (κ1) is 15.4. The van der Waals surface area contributed by atoms with Gasteiger partial charge in [-0.3, -0.25) is 4.90 Å². The van der Waals surface area contributed by atoms with Crippen molar-refractivity contribution < 1.29 is 8.78 Å². The van der Waals surface area contributed by atoms with Gasteiger partial charge in [0.2, 0.25) is 0 Å². The first-order chi connectivity index (χ1) is 9.54. The lowest BCUT2D eigenvalue weighted by Gasteiger charge is -2.32. The summed E-state index contributed by atoms with van der Waals surface area (Å²) in [5, 5.41) is 3.47. The molecule has 0 saturated carbocycles. The van der Waals surface area contributed by atoms with Crippen LogP contribution in [0.4, 0.5) is 8.78 Å². The molecule has 0 atom stereocenters. The van der Waals surface area contributed by atoms with Crippen molar-refractivity contribution in [3.05, 3.63) is 35.4 Å². The third-order valence-corrected chi connectivity index (χ3v) is 3.93. The summed E-state index contributed by atoms with van der Waals surface area (Å²) in [5.41, 5.74) is 0.588. The second-order valence-corrected chi connectivity index (χ2v) is 6.02. The summed E-state index contributed by atoms with van der Waals surface area (Å²) in [7, 11) is 0. The number of nitrogens with zero attached hydrogens (tertiary/aromatic N) is 1. The van der Waals surface area contributed by atoms with E-state index in [0.29, 0.717) is 24.1 Å². The fourth-order valence-corrected chi connectivity index (χ4v) is 2.64. The van der Waals surface area contributed by atoms with Crippen LogP contribution in [0.25, 0.3) is 0 Å². The third-order valence-electron chi connectivity index (χ3n) is 3.93. The van der Waals surface area contributed by atoms with Crippen LogP contribution in [0.15, 0.2) is 18.2 Å². The number of benzene rings is 1. The van der Waals surface area contributed by atoms with Gasteiger partial charge in [-0.2, -0.15) is 0 Å². The zero-order chi connectivity index (χ0) is 14.5. The predicted octanol–water partition coefficient (Wildman–Crippen LogP) is 3.17. The molecule has 1 saturated heterocycles. The van der Waals surface area contributed by atoms with E-state index < -0.39 is 11.6 Å². The lowest BCUT2D eigenvalue weighted by atomic mass is 9.96. The lowest BCUT2D eigenvalue weighted by molar-refractivity contribution is 0.172. The number of hydrogen-bond donors (Lipinski definition) is 1. The predicted molar refractivity (Wildman–Crippen MR) is 77.5 cm³/mol. The fraction of sp³-hybridized carbons (Fsp3) is 0.625. The van der Waals surface area contributed by atoms with Crippen LogP contribution in [0.2, 0.25) is 0 Å². The highest BCUT2D eigenvalue weighted by Crippen LogP contribution is 2.20. The third kappa shape index (κ3) is 4.53. The molecule has 1 fully saturated rings. The van der Waals surface area contributed by atoms with Gasteiger partial charge in [0.05, 0.1) is 0 Å². The van der Waals surface area contributed by atoms with Gasteiger partial charge in [-0.05, 0) is 44.5 Å². The van der Waals surface area contributed by atoms with Gasteiger partial charge in [-0.1, -0.05) is 19.9 Å². The fourth-order valence-electron chi connectivity index (χ4n) is 2.64. The van der Waals surface area contributed by atoms with Gasteiger partial charge in [0.1, 0.15) is 11.6 Å². The minimum absolute atomic E-state index is 0.436. The summed E-state index contributed by atoms with van der Waals surface area (Å²) in [6.45, 7) is 7.94. The Morgan fingerprint density at radius 2 is 1.95 bits per heavy atom. The van der Waals surface area contributed by atoms with Crippen LogP contribution in [0, 0.1) is 17.6 Å². The minimum atomic E-state index is -0.510. The van der Waals surface area contributed by atoms with Crippen LogP contribution in [-0.2, 0) is 6.54 Å². The first-order valence-electron chi connectivity index (χ1n) is 7.44. The van der Waals surface area contributed by atoms with Gasteiger partial charge in [0.25, 0.3) is 0 Å². The molecule has 1 aliphatic heterocycles. The van der Waals surface area contributed by atoms with E-state index >= 15 is 0 Å². The molecular formula is C16H24F2N2. The standard InChI is InChI=1S/C16H24F2N2/c1-12(2)19-10-13-5-7-20(8-6-13)11-14-3-4-15(17)9-16(14)18/h3-4,9,12-13,19H,5-8,10-11H2,1-2H3. The molecule has 0 amide bonds. The molecule has 112 valence electrons. The molecule has 2 rings (SSSR count). The van der Waals surface area contributed by atoms with Crippen molar-refractivity contribution in [1.29, 1.82) is 0 Å². The average molecular weight is 282 g/mol. The lowest BCUT2D eigenvalue weighted by Crippen LogP contribution is -2.38. The molecule has 4 heteroatoms. The molecule has 1 aliphatic rings. The van der Waals surface area contributed by atoms with Gasteiger partial charge in [-0.25, -0.2) is 8.78 Å². The molecular weight excluding hydrogens is 258 g/mol. The van der Waals surface area contributed by atoms with Crippen molar-refractivity contribution >= 4 is 0 Å². The highest BCUT2D eigenvalue weighted by Gasteiger charge is 2.20. The molecule has 0 bridgehead atoms. The Labute approximate surface area is 120 Å². The van der Waals surface area contributed by atoms with Crippen LogP contribution in [0.1, 0.15) is 32.3 Å². The topological polar surface area (TPSA) is 15.3 Å². The quantitative estimate of drug-likeness (QED) is 0.892. The minimum Gasteiger partial charge on any atom is -0.314 e. The SMILES string of the molecule is CC(C)NCC1CCN(Cc2ccc(F)cc2F)CC1. The van der Waals surface area contributed by atoms with Gasteiger partial charge in [-0.15, -0.1) is 0 Å². The Morgan fingerprint density at radius 1 is 1.25 bits per heavy atom. The molecule has 0 aromatic heterocycles. The van der Waals surface area contributed by atoms with E-state index in [1.54, 1.807) is 6.07 Å². The van der Waals surface area contributed by atoms with E-state index in [4.69, 9.17) is 0 Å². The summed E-state index contributed by atoms with van der Waals surface area (Å²) in [6, 6.07) is 4.38. The van der Waals surface area contributed by atoms with Crippen LogP contribution < -0.4 is 5.32 Å². The Kier molecular flexibility index (Phi) is 5.49. The van der Waals surface area contributed by atoms with Crippen LogP contribution >= 0.6 is 0 Å². The number of hydrogen-bond acceptors (Lipinski definition) is 2. The molecule has 1 aromatic carbocycles. The molecule has 0 radical (unpaired) electrons. The highest BCUT2D eigenvalue weighted by molar-refractivity contribution is 5.18. The molecule has 0 spiro atoms. The smallest absolute Gasteiger partial charge is 0.130 e. The zero-order valence-electron chi connectivity index (χ0n) is 12.3. The Morgan fingerprint density at radius 3 is 2.55 bits per heavy atom. The summed E-state index contributed by atoms with van der Waals surface area (Å²) >= 11 is 0. The van der Waals surface area contributed by atoms with E-state index in [1.165, 1.54) is 6.07 Å². The molecule has 1 aromatic rings. The molecule has 1 heterocycles. The number of nitrogens with one attached hydrogen (secondary N) is 1. The zero-order valence-corrected chi connectivity index (χ0v) is 12.3. The summed E-state index contributed by atoms with van der Waals surface area (Å²) in [6.07, 6.45) is 2.28. The number of likely N-dealkylation sites (tertiary alicyclic amines) is 1. The maximum absolute atomic E-state index is 13.6. The number of halogens is 2. The van der Waals surface area contributed by atoms with E-state index in [0.717, 1.165) is 38.5 Å². The van der Waals surface area contributed by atoms with Crippen molar-refractivity contribution in [2.45, 2.75) is 39.3 Å². The highest BCUT2D eigenvalue weighted by atomic mass is 19.1. The molecule has 0 unspecified atom stereocenters. The van der Waals surface area contributed by atoms with Gasteiger partial charge in [0.15, 0.2) is 0 Å². The molecule has 1 N–H and O–H groups in total. The van der Waals surface area contributed by atoms with Crippen LogP contribution in [-0.4, -0.2) is 30.6 Å². The molecule has 0 aliphatic carbocycles. The van der Waals surface area contributed by atoms with Crippen molar-refractivity contribution in [2.24, 2.45) is 5.92 Å². The van der Waals surface area contributed by atoms with Gasteiger partial charge >= 0.3 is 0 Å². The number of piperidine rings is 1. The van der Waals surface area contributed by atoms with Gasteiger partial charge < -0.3 is 5.32 Å². The first-order valence-corrected chi connectivity index (χ1v) is 7.44. The van der Waals surface area contributed by atoms with E-state index in [2.05, 4.69) is 24.1 Å². The van der Waals surface area contributed by atoms with Crippen molar-refractivity contribution in [2.75, 3.05) is 19.6 Å². The van der Waals surface area contributed by atoms with Crippen LogP contribution in [0.5, 0.6) is 0 Å². The van der Waals surface area contributed by atoms with E-state index in [-0.39, 0.29) is 0 Å². The van der Waals surface area contributed by atoms with Crippen molar-refractivity contribution in [1.82, 2.24) is 10.2 Å². The summed E-state index contributed by atoms with van der Waals surface area (Å²) in [5.74, 6) is -0.231. The monoisotopic (exact) mass is 282 g/mol. The van der Waals surface area contributed by atoms with E-state index in [9.17, 15) is 8.78 Å². The number of rotatable bonds is 5. The average Bonchev–Trinajstić information content (AvgIpc) is 2.41. The Hall–Kier alpha value is -1.00.